The molecule has 1 atom stereocenters. The summed E-state index contributed by atoms with van der Waals surface area (Å²) in [5.74, 6) is 1.24. The van der Waals surface area contributed by atoms with E-state index in [-0.39, 0.29) is 18.2 Å². The Kier molecular flexibility index (Phi) is 7.43. The van der Waals surface area contributed by atoms with Gasteiger partial charge in [-0.2, -0.15) is 0 Å². The first-order chi connectivity index (χ1) is 17.8. The molecule has 2 N–H and O–H groups in total. The third-order valence-electron chi connectivity index (χ3n) is 6.53. The number of aromatic nitrogens is 4. The van der Waals surface area contributed by atoms with E-state index in [9.17, 15) is 9.59 Å². The molecule has 1 saturated heterocycles. The Balaban J connectivity index is 1.23. The summed E-state index contributed by atoms with van der Waals surface area (Å²) in [6, 6.07) is 3.78. The van der Waals surface area contributed by atoms with Gasteiger partial charge in [0.25, 0.3) is 5.91 Å². The van der Waals surface area contributed by atoms with Crippen LogP contribution in [0.1, 0.15) is 33.1 Å². The molecule has 1 aromatic carbocycles. The fourth-order valence-electron chi connectivity index (χ4n) is 4.58. The maximum absolute atomic E-state index is 12.5. The number of hydrogen-bond acceptors (Lipinski definition) is 9. The quantitative estimate of drug-likeness (QED) is 0.399. The molecule has 1 fully saturated rings. The van der Waals surface area contributed by atoms with E-state index in [2.05, 4.69) is 25.9 Å². The highest BCUT2D eigenvalue weighted by atomic mass is 79.9. The summed E-state index contributed by atoms with van der Waals surface area (Å²) < 4.78 is 18.8. The molecule has 0 bridgehead atoms. The van der Waals surface area contributed by atoms with Crippen molar-refractivity contribution in [1.82, 2.24) is 24.4 Å². The zero-order chi connectivity index (χ0) is 26.1. The molecule has 2 aliphatic heterocycles. The Bertz CT molecular complexity index is 1400. The predicted molar refractivity (Wildman–Crippen MR) is 137 cm³/mol. The van der Waals surface area contributed by atoms with Crippen molar-refractivity contribution < 1.29 is 23.8 Å². The number of likely N-dealkylation sites (tertiary alicyclic amines) is 1. The van der Waals surface area contributed by atoms with E-state index in [1.54, 1.807) is 18.2 Å². The van der Waals surface area contributed by atoms with Gasteiger partial charge in [-0.3, -0.25) is 15.0 Å². The van der Waals surface area contributed by atoms with Crippen molar-refractivity contribution in [1.29, 1.82) is 5.41 Å². The van der Waals surface area contributed by atoms with Crippen LogP contribution in [0.15, 0.2) is 33.0 Å². The van der Waals surface area contributed by atoms with Gasteiger partial charge in [0.15, 0.2) is 33.9 Å². The smallest absolute Gasteiger partial charge is 0.303 e. The van der Waals surface area contributed by atoms with Crippen molar-refractivity contribution in [3.8, 4) is 11.5 Å². The number of hydrogen-bond donors (Lipinski definition) is 2. The zero-order valence-electron chi connectivity index (χ0n) is 20.5. The van der Waals surface area contributed by atoms with Crippen LogP contribution in [0.3, 0.4) is 0 Å². The van der Waals surface area contributed by atoms with E-state index in [4.69, 9.17) is 24.6 Å². The number of H-pyrrole nitrogens is 1. The van der Waals surface area contributed by atoms with Crippen LogP contribution in [-0.2, 0) is 20.9 Å². The zero-order valence-corrected chi connectivity index (χ0v) is 22.9. The normalized spacial score (nSPS) is 16.2. The molecular formula is C24H27BrN6O5S. The van der Waals surface area contributed by atoms with Gasteiger partial charge in [0, 0.05) is 35.9 Å². The van der Waals surface area contributed by atoms with Gasteiger partial charge in [-0.05, 0) is 60.2 Å². The summed E-state index contributed by atoms with van der Waals surface area (Å²) in [6.45, 7) is 5.12. The minimum absolute atomic E-state index is 0.143. The molecule has 5 rings (SSSR count). The summed E-state index contributed by atoms with van der Waals surface area (Å²) in [4.78, 5) is 38.6. The minimum atomic E-state index is -0.752. The monoisotopic (exact) mass is 590 g/mol. The van der Waals surface area contributed by atoms with Crippen molar-refractivity contribution >= 4 is 50.7 Å². The van der Waals surface area contributed by atoms with Crippen LogP contribution < -0.4 is 15.0 Å². The highest BCUT2D eigenvalue weighted by molar-refractivity contribution is 9.10. The van der Waals surface area contributed by atoms with E-state index in [1.165, 1.54) is 18.7 Å². The summed E-state index contributed by atoms with van der Waals surface area (Å²) in [6.07, 6.45) is 3.58. The van der Waals surface area contributed by atoms with Crippen LogP contribution in [0.4, 0.5) is 0 Å². The second-order valence-electron chi connectivity index (χ2n) is 9.07. The number of ether oxygens (including phenoxy) is 3. The van der Waals surface area contributed by atoms with Crippen molar-refractivity contribution in [3.05, 3.63) is 28.4 Å². The Morgan fingerprint density at radius 2 is 2.03 bits per heavy atom. The lowest BCUT2D eigenvalue weighted by atomic mass is 9.93. The Labute approximate surface area is 225 Å². The van der Waals surface area contributed by atoms with Gasteiger partial charge in [-0.15, -0.1) is 0 Å². The van der Waals surface area contributed by atoms with E-state index in [1.807, 2.05) is 16.7 Å². The first kappa shape index (κ1) is 25.6. The summed E-state index contributed by atoms with van der Waals surface area (Å²) >= 11 is 5.02. The molecule has 0 radical (unpaired) electrons. The number of carbonyl (C=O) groups is 2. The van der Waals surface area contributed by atoms with Crippen LogP contribution in [0, 0.1) is 11.3 Å². The second-order valence-corrected chi connectivity index (χ2v) is 11.0. The molecule has 3 aromatic rings. The average molecular weight is 591 g/mol. The van der Waals surface area contributed by atoms with Crippen molar-refractivity contribution in [2.45, 2.75) is 55.8 Å². The van der Waals surface area contributed by atoms with Gasteiger partial charge in [-0.25, -0.2) is 9.97 Å². The fourth-order valence-corrected chi connectivity index (χ4v) is 5.96. The molecule has 4 heterocycles. The lowest BCUT2D eigenvalue weighted by Crippen LogP contribution is -2.44. The topological polar surface area (TPSA) is 135 Å². The van der Waals surface area contributed by atoms with Crippen LogP contribution in [-0.4, -0.2) is 62.3 Å². The van der Waals surface area contributed by atoms with Crippen molar-refractivity contribution in [2.75, 3.05) is 19.9 Å². The number of imidazole rings is 1. The number of esters is 1. The van der Waals surface area contributed by atoms with E-state index in [0.717, 1.165) is 28.6 Å². The average Bonchev–Trinajstić information content (AvgIpc) is 3.50. The molecule has 13 heteroatoms. The fraction of sp³-hybridized carbons (Fsp3) is 0.458. The molecule has 0 unspecified atom stereocenters. The summed E-state index contributed by atoms with van der Waals surface area (Å²) in [5, 5.41) is 8.90. The molecule has 11 nitrogen and oxygen atoms in total. The summed E-state index contributed by atoms with van der Waals surface area (Å²) in [5.41, 5.74) is 1.41. The predicted octanol–water partition coefficient (Wildman–Crippen LogP) is 3.46. The number of aromatic amines is 1. The SMILES string of the molecule is CC(=O)O[C@@H](C)C(=O)N1CCC(CCn2cnc(=N)c3[nH]c(Sc4cc5c(cc4Br)OCO5)nc32)CC1. The molecular weight excluding hydrogens is 564 g/mol. The lowest BCUT2D eigenvalue weighted by Gasteiger charge is -2.33. The van der Waals surface area contributed by atoms with E-state index >= 15 is 0 Å². The van der Waals surface area contributed by atoms with Gasteiger partial charge in [0.1, 0.15) is 5.52 Å². The number of nitrogens with one attached hydrogen (secondary N) is 2. The molecule has 0 spiro atoms. The highest BCUT2D eigenvalue weighted by Gasteiger charge is 2.27. The molecule has 0 aliphatic carbocycles. The molecule has 0 saturated carbocycles. The van der Waals surface area contributed by atoms with Gasteiger partial charge < -0.3 is 28.7 Å². The molecule has 1 amide bonds. The number of piperidine rings is 1. The third kappa shape index (κ3) is 5.61. The maximum atomic E-state index is 12.5. The number of benzene rings is 1. The Morgan fingerprint density at radius 1 is 1.30 bits per heavy atom. The number of halogens is 1. The van der Waals surface area contributed by atoms with E-state index < -0.39 is 12.1 Å². The van der Waals surface area contributed by atoms with Gasteiger partial charge in [0.05, 0.1) is 6.33 Å². The second kappa shape index (κ2) is 10.7. The first-order valence-electron chi connectivity index (χ1n) is 12.0. The van der Waals surface area contributed by atoms with Gasteiger partial charge >= 0.3 is 5.97 Å². The third-order valence-corrected chi connectivity index (χ3v) is 8.39. The van der Waals surface area contributed by atoms with E-state index in [0.29, 0.717) is 53.4 Å². The number of aryl methyl sites for hydroxylation is 1. The Hall–Kier alpha value is -3.06. The molecule has 2 aliphatic rings. The van der Waals surface area contributed by atoms with Crippen LogP contribution >= 0.6 is 27.7 Å². The number of fused-ring (bicyclic) bond motifs is 2. The van der Waals surface area contributed by atoms with Gasteiger partial charge in [-0.1, -0.05) is 11.8 Å². The number of amides is 1. The van der Waals surface area contributed by atoms with Crippen molar-refractivity contribution in [2.24, 2.45) is 5.92 Å². The molecule has 2 aromatic heterocycles. The van der Waals surface area contributed by atoms with Gasteiger partial charge in [0.2, 0.25) is 6.79 Å². The lowest BCUT2D eigenvalue weighted by molar-refractivity contribution is -0.158. The van der Waals surface area contributed by atoms with Crippen molar-refractivity contribution in [3.63, 3.8) is 0 Å². The maximum Gasteiger partial charge on any atom is 0.303 e. The Morgan fingerprint density at radius 3 is 2.76 bits per heavy atom. The highest BCUT2D eigenvalue weighted by Crippen LogP contribution is 2.42. The number of nitrogens with zero attached hydrogens (tertiary/aromatic N) is 4. The van der Waals surface area contributed by atoms with Crippen LogP contribution in [0.5, 0.6) is 11.5 Å². The molecule has 37 heavy (non-hydrogen) atoms. The summed E-state index contributed by atoms with van der Waals surface area (Å²) in [7, 11) is 0. The van der Waals surface area contributed by atoms with Crippen LogP contribution in [0.25, 0.3) is 11.2 Å². The first-order valence-corrected chi connectivity index (χ1v) is 13.6. The molecule has 196 valence electrons. The standard InChI is InChI=1S/C24H27BrN6O5S/c1-13(36-14(2)32)23(33)30-6-3-15(4-7-30)5-8-31-11-27-21(26)20-22(31)29-24(28-20)37-19-10-18-17(9-16(19)25)34-12-35-18/h9-11,13,15,26H,3-8,12H2,1-2H3,(H,28,29)/t13-/m0/s1. The minimum Gasteiger partial charge on any atom is -0.454 e. The number of carbonyl (C=O) groups excluding carboxylic acids is 2. The van der Waals surface area contributed by atoms with Crippen LogP contribution in [0.2, 0.25) is 0 Å². The largest absolute Gasteiger partial charge is 0.454 e. The number of rotatable bonds is 7.